The maximum atomic E-state index is 12.7. The number of hydrogen-bond donors (Lipinski definition) is 1. The first-order chi connectivity index (χ1) is 12.7. The molecule has 0 bridgehead atoms. The number of H-pyrrole nitrogens is 1. The molecule has 1 fully saturated rings. The molecule has 0 unspecified atom stereocenters. The standard InChI is InChI=1S/C19H24N6O/c1-14-12-20-21-17(14)11-15-5-4-9-24(13-15)19(26)8-10-25-18-7-3-2-6-16(18)22-23-25/h2-3,6-7,12,15H,4-5,8-11,13H2,1H3,(H,20,21)/t15-/m0/s1. The molecule has 2 aromatic heterocycles. The number of likely N-dealkylation sites (tertiary alicyclic amines) is 1. The van der Waals surface area contributed by atoms with Gasteiger partial charge in [-0.15, -0.1) is 5.10 Å². The number of nitrogens with one attached hydrogen (secondary N) is 1. The van der Waals surface area contributed by atoms with Gasteiger partial charge in [-0.05, 0) is 49.8 Å². The Morgan fingerprint density at radius 2 is 2.23 bits per heavy atom. The molecule has 3 heterocycles. The van der Waals surface area contributed by atoms with E-state index in [4.69, 9.17) is 0 Å². The first-order valence-corrected chi connectivity index (χ1v) is 9.25. The van der Waals surface area contributed by atoms with E-state index >= 15 is 0 Å². The summed E-state index contributed by atoms with van der Waals surface area (Å²) in [7, 11) is 0. The van der Waals surface area contributed by atoms with Crippen molar-refractivity contribution < 1.29 is 4.79 Å². The molecule has 1 atom stereocenters. The van der Waals surface area contributed by atoms with E-state index in [-0.39, 0.29) is 5.91 Å². The molecule has 0 saturated carbocycles. The number of carbonyl (C=O) groups is 1. The number of piperidine rings is 1. The second kappa shape index (κ2) is 7.27. The second-order valence-electron chi connectivity index (χ2n) is 7.13. The van der Waals surface area contributed by atoms with Crippen molar-refractivity contribution in [3.63, 3.8) is 0 Å². The van der Waals surface area contributed by atoms with Crippen LogP contribution in [0.4, 0.5) is 0 Å². The van der Waals surface area contributed by atoms with Gasteiger partial charge >= 0.3 is 0 Å². The monoisotopic (exact) mass is 352 g/mol. The van der Waals surface area contributed by atoms with E-state index < -0.39 is 0 Å². The van der Waals surface area contributed by atoms with Gasteiger partial charge in [0.25, 0.3) is 0 Å². The number of aromatic nitrogens is 5. The van der Waals surface area contributed by atoms with Crippen LogP contribution in [0, 0.1) is 12.8 Å². The van der Waals surface area contributed by atoms with Gasteiger partial charge in [0, 0.05) is 25.2 Å². The van der Waals surface area contributed by atoms with E-state index in [1.54, 1.807) is 0 Å². The molecule has 136 valence electrons. The number of fused-ring (bicyclic) bond motifs is 1. The summed E-state index contributed by atoms with van der Waals surface area (Å²) in [6, 6.07) is 7.84. The van der Waals surface area contributed by atoms with Crippen molar-refractivity contribution in [3.8, 4) is 0 Å². The van der Waals surface area contributed by atoms with E-state index in [9.17, 15) is 4.79 Å². The molecule has 7 nitrogen and oxygen atoms in total. The molecule has 1 amide bonds. The Balaban J connectivity index is 1.34. The van der Waals surface area contributed by atoms with Crippen LogP contribution in [0.5, 0.6) is 0 Å². The Bertz CT molecular complexity index is 898. The largest absolute Gasteiger partial charge is 0.342 e. The van der Waals surface area contributed by atoms with E-state index in [1.165, 1.54) is 11.3 Å². The third-order valence-electron chi connectivity index (χ3n) is 5.26. The maximum Gasteiger partial charge on any atom is 0.224 e. The minimum absolute atomic E-state index is 0.204. The predicted octanol–water partition coefficient (Wildman–Crippen LogP) is 2.33. The third-order valence-corrected chi connectivity index (χ3v) is 5.26. The summed E-state index contributed by atoms with van der Waals surface area (Å²) in [5.41, 5.74) is 4.24. The Hall–Kier alpha value is -2.70. The van der Waals surface area contributed by atoms with Crippen LogP contribution in [-0.2, 0) is 17.8 Å². The molecule has 1 N–H and O–H groups in total. The SMILES string of the molecule is Cc1cn[nH]c1C[C@@H]1CCCN(C(=O)CCn2nnc3ccccc32)C1. The van der Waals surface area contributed by atoms with Crippen molar-refractivity contribution in [2.45, 2.75) is 39.2 Å². The van der Waals surface area contributed by atoms with Crippen molar-refractivity contribution in [2.24, 2.45) is 5.92 Å². The fourth-order valence-electron chi connectivity index (χ4n) is 3.77. The topological polar surface area (TPSA) is 79.7 Å². The molecule has 26 heavy (non-hydrogen) atoms. The summed E-state index contributed by atoms with van der Waals surface area (Å²) in [6.45, 7) is 4.33. The zero-order valence-electron chi connectivity index (χ0n) is 15.1. The molecular weight excluding hydrogens is 328 g/mol. The molecule has 3 aromatic rings. The zero-order chi connectivity index (χ0) is 17.9. The third kappa shape index (κ3) is 3.47. The number of aryl methyl sites for hydroxylation is 2. The molecule has 4 rings (SSSR count). The Morgan fingerprint density at radius 3 is 3.08 bits per heavy atom. The van der Waals surface area contributed by atoms with Crippen LogP contribution in [0.3, 0.4) is 0 Å². The number of amides is 1. The molecule has 1 aliphatic rings. The van der Waals surface area contributed by atoms with E-state index in [0.29, 0.717) is 18.9 Å². The Kier molecular flexibility index (Phi) is 4.69. The molecule has 1 aromatic carbocycles. The predicted molar refractivity (Wildman–Crippen MR) is 98.5 cm³/mol. The quantitative estimate of drug-likeness (QED) is 0.764. The first kappa shape index (κ1) is 16.8. The van der Waals surface area contributed by atoms with Crippen molar-refractivity contribution in [1.82, 2.24) is 30.1 Å². The van der Waals surface area contributed by atoms with Gasteiger partial charge in [-0.1, -0.05) is 17.3 Å². The molecule has 1 saturated heterocycles. The normalized spacial score (nSPS) is 17.7. The van der Waals surface area contributed by atoms with Crippen LogP contribution < -0.4 is 0 Å². The van der Waals surface area contributed by atoms with Crippen LogP contribution in [0.25, 0.3) is 11.0 Å². The van der Waals surface area contributed by atoms with E-state index in [0.717, 1.165) is 43.4 Å². The number of hydrogen-bond acceptors (Lipinski definition) is 4. The fraction of sp³-hybridized carbons (Fsp3) is 0.474. The van der Waals surface area contributed by atoms with E-state index in [1.807, 2.05) is 40.0 Å². The maximum absolute atomic E-state index is 12.7. The number of rotatable bonds is 5. The van der Waals surface area contributed by atoms with Crippen LogP contribution in [0.2, 0.25) is 0 Å². The highest BCUT2D eigenvalue weighted by Gasteiger charge is 2.24. The Labute approximate surface area is 152 Å². The number of carbonyl (C=O) groups excluding carboxylic acids is 1. The average molecular weight is 352 g/mol. The van der Waals surface area contributed by atoms with Crippen molar-refractivity contribution >= 4 is 16.9 Å². The molecular formula is C19H24N6O. The molecule has 1 aliphatic heterocycles. The summed E-state index contributed by atoms with van der Waals surface area (Å²) in [6.07, 6.45) is 5.52. The van der Waals surface area contributed by atoms with E-state index in [2.05, 4.69) is 27.4 Å². The highest BCUT2D eigenvalue weighted by atomic mass is 16.2. The number of benzene rings is 1. The van der Waals surface area contributed by atoms with Gasteiger partial charge in [-0.2, -0.15) is 5.10 Å². The van der Waals surface area contributed by atoms with Crippen molar-refractivity contribution in [2.75, 3.05) is 13.1 Å². The van der Waals surface area contributed by atoms with Crippen molar-refractivity contribution in [3.05, 3.63) is 41.7 Å². The van der Waals surface area contributed by atoms with Gasteiger partial charge in [-0.3, -0.25) is 9.89 Å². The number of aromatic amines is 1. The van der Waals surface area contributed by atoms with Gasteiger partial charge < -0.3 is 4.90 Å². The lowest BCUT2D eigenvalue weighted by atomic mass is 9.92. The van der Waals surface area contributed by atoms with Crippen LogP contribution in [-0.4, -0.2) is 49.1 Å². The summed E-state index contributed by atoms with van der Waals surface area (Å²) < 4.78 is 1.82. The Morgan fingerprint density at radius 1 is 1.35 bits per heavy atom. The van der Waals surface area contributed by atoms with Gasteiger partial charge in [-0.25, -0.2) is 4.68 Å². The molecule has 0 aliphatic carbocycles. The minimum atomic E-state index is 0.204. The van der Waals surface area contributed by atoms with Gasteiger partial charge in [0.05, 0.1) is 18.3 Å². The molecule has 7 heteroatoms. The smallest absolute Gasteiger partial charge is 0.224 e. The molecule has 0 radical (unpaired) electrons. The lowest BCUT2D eigenvalue weighted by Crippen LogP contribution is -2.40. The summed E-state index contributed by atoms with van der Waals surface area (Å²) in [5.74, 6) is 0.703. The van der Waals surface area contributed by atoms with Crippen LogP contribution in [0.15, 0.2) is 30.5 Å². The van der Waals surface area contributed by atoms with Crippen molar-refractivity contribution in [1.29, 1.82) is 0 Å². The lowest BCUT2D eigenvalue weighted by Gasteiger charge is -2.33. The summed E-state index contributed by atoms with van der Waals surface area (Å²) in [4.78, 5) is 14.7. The van der Waals surface area contributed by atoms with Gasteiger partial charge in [0.15, 0.2) is 0 Å². The number of para-hydroxylation sites is 1. The minimum Gasteiger partial charge on any atom is -0.342 e. The van der Waals surface area contributed by atoms with Gasteiger partial charge in [0.2, 0.25) is 5.91 Å². The van der Waals surface area contributed by atoms with Crippen LogP contribution >= 0.6 is 0 Å². The lowest BCUT2D eigenvalue weighted by molar-refractivity contribution is -0.133. The number of nitrogens with zero attached hydrogens (tertiary/aromatic N) is 5. The fourth-order valence-corrected chi connectivity index (χ4v) is 3.77. The van der Waals surface area contributed by atoms with Crippen LogP contribution in [0.1, 0.15) is 30.5 Å². The summed E-state index contributed by atoms with van der Waals surface area (Å²) >= 11 is 0. The second-order valence-corrected chi connectivity index (χ2v) is 7.13. The molecule has 0 spiro atoms. The highest BCUT2D eigenvalue weighted by Crippen LogP contribution is 2.22. The average Bonchev–Trinajstić information content (AvgIpc) is 3.26. The first-order valence-electron chi connectivity index (χ1n) is 9.25. The van der Waals surface area contributed by atoms with Gasteiger partial charge in [0.1, 0.15) is 5.52 Å². The highest BCUT2D eigenvalue weighted by molar-refractivity contribution is 5.77. The summed E-state index contributed by atoms with van der Waals surface area (Å²) in [5, 5.41) is 15.5. The zero-order valence-corrected chi connectivity index (χ0v) is 15.1.